The van der Waals surface area contributed by atoms with E-state index in [2.05, 4.69) is 149 Å². The lowest BCUT2D eigenvalue weighted by atomic mass is 9.86. The highest BCUT2D eigenvalue weighted by Crippen LogP contribution is 2.46. The first-order valence-corrected chi connectivity index (χ1v) is 17.4. The van der Waals surface area contributed by atoms with Gasteiger partial charge in [0.25, 0.3) is 0 Å². The number of hydrogen-bond donors (Lipinski definition) is 0. The molecule has 4 aromatic heterocycles. The fraction of sp³-hybridized carbons (Fsp3) is 0. The van der Waals surface area contributed by atoms with Crippen LogP contribution in [0.5, 0.6) is 0 Å². The first-order chi connectivity index (χ1) is 25.8. The minimum atomic E-state index is 0.641. The predicted octanol–water partition coefficient (Wildman–Crippen LogP) is 11.6. The summed E-state index contributed by atoms with van der Waals surface area (Å²) in [5.74, 6) is 0. The van der Waals surface area contributed by atoms with Crippen LogP contribution >= 0.6 is 0 Å². The fourth-order valence-corrected chi connectivity index (χ4v) is 8.32. The summed E-state index contributed by atoms with van der Waals surface area (Å²) >= 11 is 0. The Hall–Kier alpha value is -7.29. The van der Waals surface area contributed by atoms with Crippen LogP contribution in [-0.2, 0) is 0 Å². The summed E-state index contributed by atoms with van der Waals surface area (Å²) in [7, 11) is 0. The number of nitrogens with zero attached hydrogens (tertiary/aromatic N) is 5. The van der Waals surface area contributed by atoms with Crippen molar-refractivity contribution in [3.05, 3.63) is 169 Å². The zero-order chi connectivity index (χ0) is 34.3. The summed E-state index contributed by atoms with van der Waals surface area (Å²) in [5, 5.41) is 17.7. The van der Waals surface area contributed by atoms with Crippen molar-refractivity contribution in [3.8, 4) is 34.1 Å². The molecule has 0 saturated heterocycles. The van der Waals surface area contributed by atoms with E-state index >= 15 is 0 Å². The molecule has 11 aromatic rings. The number of fused-ring (bicyclic) bond motifs is 10. The third-order valence-corrected chi connectivity index (χ3v) is 10.5. The minimum Gasteiger partial charge on any atom is -0.309 e. The number of imidazole rings is 1. The van der Waals surface area contributed by atoms with Crippen molar-refractivity contribution < 1.29 is 0 Å². The molecule has 0 saturated carbocycles. The van der Waals surface area contributed by atoms with Gasteiger partial charge in [0.05, 0.1) is 33.9 Å². The second kappa shape index (κ2) is 10.9. The van der Waals surface area contributed by atoms with Gasteiger partial charge in [-0.05, 0) is 87.3 Å². The van der Waals surface area contributed by atoms with Crippen molar-refractivity contribution in [1.82, 2.24) is 18.9 Å². The standard InChI is InChI=1S/C47H27N5/c48-28-29-21-23-32-38-27-30(22-24-40(38)52(41(32)26-29)31-12-2-1-3-13-31)43-33-14-4-6-16-35(33)44(36-17-7-5-15-34(36)43)46-47-45(37-18-8-9-19-39(37)49-46)50-42-20-10-11-25-51(42)47/h1-27H. The maximum atomic E-state index is 9.81. The summed E-state index contributed by atoms with van der Waals surface area (Å²) in [5.41, 5.74) is 11.9. The summed E-state index contributed by atoms with van der Waals surface area (Å²) in [6.45, 7) is 0. The van der Waals surface area contributed by atoms with Crippen LogP contribution in [0.1, 0.15) is 5.56 Å². The normalized spacial score (nSPS) is 11.8. The van der Waals surface area contributed by atoms with Gasteiger partial charge < -0.3 is 4.57 Å². The molecule has 0 atom stereocenters. The van der Waals surface area contributed by atoms with Gasteiger partial charge in [-0.3, -0.25) is 4.40 Å². The number of benzene rings is 7. The second-order valence-electron chi connectivity index (χ2n) is 13.3. The number of hydrogen-bond acceptors (Lipinski definition) is 3. The zero-order valence-electron chi connectivity index (χ0n) is 27.8. The Morgan fingerprint density at radius 2 is 1.17 bits per heavy atom. The molecule has 0 bridgehead atoms. The van der Waals surface area contributed by atoms with E-state index in [1.807, 2.05) is 30.3 Å². The van der Waals surface area contributed by atoms with Gasteiger partial charge in [0, 0.05) is 33.6 Å². The molecule has 4 heterocycles. The van der Waals surface area contributed by atoms with Crippen LogP contribution in [0, 0.1) is 11.3 Å². The van der Waals surface area contributed by atoms with Gasteiger partial charge in [0.2, 0.25) is 0 Å². The van der Waals surface area contributed by atoms with E-state index in [9.17, 15) is 5.26 Å². The van der Waals surface area contributed by atoms with E-state index in [1.54, 1.807) is 0 Å². The first-order valence-electron chi connectivity index (χ1n) is 17.4. The quantitative estimate of drug-likeness (QED) is 0.177. The largest absolute Gasteiger partial charge is 0.309 e. The molecule has 0 aliphatic heterocycles. The summed E-state index contributed by atoms with van der Waals surface area (Å²) < 4.78 is 4.44. The lowest BCUT2D eigenvalue weighted by Gasteiger charge is -2.18. The Labute approximate surface area is 297 Å². The van der Waals surface area contributed by atoms with Gasteiger partial charge in [-0.2, -0.15) is 5.26 Å². The molecule has 0 aliphatic carbocycles. The van der Waals surface area contributed by atoms with Crippen LogP contribution in [0.25, 0.3) is 99.0 Å². The maximum absolute atomic E-state index is 9.81. The van der Waals surface area contributed by atoms with E-state index < -0.39 is 0 Å². The molecule has 0 spiro atoms. The molecule has 0 aliphatic rings. The van der Waals surface area contributed by atoms with Gasteiger partial charge in [-0.1, -0.05) is 103 Å². The maximum Gasteiger partial charge on any atom is 0.137 e. The Bertz CT molecular complexity index is 3250. The molecule has 5 nitrogen and oxygen atoms in total. The smallest absolute Gasteiger partial charge is 0.137 e. The van der Waals surface area contributed by atoms with Crippen LogP contribution in [0.15, 0.2) is 164 Å². The van der Waals surface area contributed by atoms with Crippen LogP contribution in [0.3, 0.4) is 0 Å². The van der Waals surface area contributed by atoms with Crippen LogP contribution < -0.4 is 0 Å². The number of para-hydroxylation sites is 2. The van der Waals surface area contributed by atoms with Crippen molar-refractivity contribution >= 4 is 70.9 Å². The Morgan fingerprint density at radius 1 is 0.500 bits per heavy atom. The Morgan fingerprint density at radius 3 is 1.92 bits per heavy atom. The van der Waals surface area contributed by atoms with Crippen LogP contribution in [-0.4, -0.2) is 18.9 Å². The molecule has 5 heteroatoms. The highest BCUT2D eigenvalue weighted by atomic mass is 15.0. The fourth-order valence-electron chi connectivity index (χ4n) is 8.32. The number of pyridine rings is 2. The van der Waals surface area contributed by atoms with E-state index in [4.69, 9.17) is 9.97 Å². The van der Waals surface area contributed by atoms with Gasteiger partial charge >= 0.3 is 0 Å². The van der Waals surface area contributed by atoms with Crippen molar-refractivity contribution in [2.45, 2.75) is 0 Å². The number of rotatable bonds is 3. The lowest BCUT2D eigenvalue weighted by molar-refractivity contribution is 1.18. The Kier molecular flexibility index (Phi) is 5.96. The van der Waals surface area contributed by atoms with Gasteiger partial charge in [0.1, 0.15) is 16.7 Å². The molecular formula is C47H27N5. The van der Waals surface area contributed by atoms with Crippen LogP contribution in [0.4, 0.5) is 0 Å². The first kappa shape index (κ1) is 28.5. The number of nitriles is 1. The number of aromatic nitrogens is 4. The van der Waals surface area contributed by atoms with Crippen molar-refractivity contribution in [1.29, 1.82) is 5.26 Å². The van der Waals surface area contributed by atoms with Gasteiger partial charge in [-0.15, -0.1) is 0 Å². The molecule has 7 aromatic carbocycles. The van der Waals surface area contributed by atoms with E-state index in [1.165, 1.54) is 5.56 Å². The molecule has 0 N–H and O–H groups in total. The third-order valence-electron chi connectivity index (χ3n) is 10.5. The Balaban J connectivity index is 1.26. The lowest BCUT2D eigenvalue weighted by Crippen LogP contribution is -1.96. The van der Waals surface area contributed by atoms with Crippen molar-refractivity contribution in [3.63, 3.8) is 0 Å². The SMILES string of the molecule is N#Cc1ccc2c3cc(-c4c5ccccc5c(-c5nc6ccccc6c6nc7ccccn7c56)c5ccccc45)ccc3n(-c3ccccc3)c2c1. The summed E-state index contributed by atoms with van der Waals surface area (Å²) in [4.78, 5) is 10.6. The van der Waals surface area contributed by atoms with E-state index in [-0.39, 0.29) is 0 Å². The molecular weight excluding hydrogens is 635 g/mol. The van der Waals surface area contributed by atoms with Gasteiger partial charge in [-0.25, -0.2) is 9.97 Å². The third kappa shape index (κ3) is 3.98. The van der Waals surface area contributed by atoms with Crippen LogP contribution in [0.2, 0.25) is 0 Å². The molecule has 52 heavy (non-hydrogen) atoms. The topological polar surface area (TPSA) is 58.9 Å². The molecule has 0 fully saturated rings. The van der Waals surface area contributed by atoms with E-state index in [0.717, 1.165) is 93.4 Å². The second-order valence-corrected chi connectivity index (χ2v) is 13.3. The summed E-state index contributed by atoms with van der Waals surface area (Å²) in [6.07, 6.45) is 2.09. The van der Waals surface area contributed by atoms with Gasteiger partial charge in [0.15, 0.2) is 0 Å². The molecule has 0 amide bonds. The minimum absolute atomic E-state index is 0.641. The zero-order valence-corrected chi connectivity index (χ0v) is 27.8. The average Bonchev–Trinajstić information content (AvgIpc) is 3.76. The summed E-state index contributed by atoms with van der Waals surface area (Å²) in [6, 6.07) is 57.4. The predicted molar refractivity (Wildman–Crippen MR) is 213 cm³/mol. The van der Waals surface area contributed by atoms with E-state index in [0.29, 0.717) is 5.56 Å². The monoisotopic (exact) mass is 661 g/mol. The molecule has 11 rings (SSSR count). The highest BCUT2D eigenvalue weighted by molar-refractivity contribution is 6.25. The molecule has 0 unspecified atom stereocenters. The van der Waals surface area contributed by atoms with Crippen molar-refractivity contribution in [2.24, 2.45) is 0 Å². The molecule has 0 radical (unpaired) electrons. The highest BCUT2D eigenvalue weighted by Gasteiger charge is 2.23. The average molecular weight is 662 g/mol. The molecule has 240 valence electrons. The van der Waals surface area contributed by atoms with Crippen molar-refractivity contribution in [2.75, 3.05) is 0 Å².